The zero-order valence-corrected chi connectivity index (χ0v) is 15.7. The molecule has 2 rings (SSSR count). The molecule has 2 aromatic carbocycles. The molecule has 0 aliphatic rings. The van der Waals surface area contributed by atoms with Crippen molar-refractivity contribution in [1.29, 1.82) is 0 Å². The van der Waals surface area contributed by atoms with Crippen LogP contribution in [0.25, 0.3) is 5.57 Å². The zero-order valence-electron chi connectivity index (χ0n) is 15.7. The first kappa shape index (κ1) is 24.3. The standard InChI is InChI=1S/C20H14F9NO/c1-2-30(11-16(17(31)20(27,28)29)12-6-4-3-5-7-12)15-9-13(18(21,22)23)8-14(10-15)19(24,25)26/h3-11H,2H2,1H3/b16-11-. The molecule has 0 radical (unpaired) electrons. The lowest BCUT2D eigenvalue weighted by Gasteiger charge is -2.23. The molecule has 0 bridgehead atoms. The SMILES string of the molecule is CCN(/C=C(\C(=O)C(F)(F)F)c1ccccc1)c1cc(C(F)(F)F)cc(C(F)(F)F)c1. The second kappa shape index (κ2) is 8.64. The molecule has 0 unspecified atom stereocenters. The van der Waals surface area contributed by atoms with Gasteiger partial charge in [0.2, 0.25) is 0 Å². The Bertz CT molecular complexity index is 925. The third-order valence-corrected chi connectivity index (χ3v) is 4.12. The second-order valence-corrected chi connectivity index (χ2v) is 6.29. The van der Waals surface area contributed by atoms with E-state index in [0.717, 1.165) is 17.0 Å². The van der Waals surface area contributed by atoms with E-state index in [1.807, 2.05) is 0 Å². The summed E-state index contributed by atoms with van der Waals surface area (Å²) in [7, 11) is 0. The molecule has 0 aromatic heterocycles. The fraction of sp³-hybridized carbons (Fsp3) is 0.250. The van der Waals surface area contributed by atoms with Crippen molar-refractivity contribution in [2.45, 2.75) is 25.5 Å². The zero-order chi connectivity index (χ0) is 23.6. The molecule has 0 aliphatic carbocycles. The van der Waals surface area contributed by atoms with Crippen LogP contribution in [0.15, 0.2) is 54.7 Å². The minimum absolute atomic E-state index is 0.0972. The van der Waals surface area contributed by atoms with E-state index in [1.54, 1.807) is 0 Å². The van der Waals surface area contributed by atoms with Gasteiger partial charge in [0.15, 0.2) is 0 Å². The van der Waals surface area contributed by atoms with Crippen LogP contribution in [0.5, 0.6) is 0 Å². The van der Waals surface area contributed by atoms with E-state index < -0.39 is 46.7 Å². The number of benzene rings is 2. The fourth-order valence-electron chi connectivity index (χ4n) is 2.64. The number of alkyl halides is 9. The van der Waals surface area contributed by atoms with Crippen molar-refractivity contribution in [3.8, 4) is 0 Å². The molecule has 0 fully saturated rings. The molecule has 168 valence electrons. The monoisotopic (exact) mass is 455 g/mol. The number of hydrogen-bond donors (Lipinski definition) is 0. The van der Waals surface area contributed by atoms with Gasteiger partial charge >= 0.3 is 18.5 Å². The maximum atomic E-state index is 13.1. The lowest BCUT2D eigenvalue weighted by Crippen LogP contribution is -2.26. The number of Topliss-reactive ketones (excluding diaryl/α,β-unsaturated/α-hetero) is 1. The molecule has 11 heteroatoms. The molecule has 0 N–H and O–H groups in total. The Morgan fingerprint density at radius 2 is 1.32 bits per heavy atom. The Hall–Kier alpha value is -2.98. The molecule has 0 saturated heterocycles. The van der Waals surface area contributed by atoms with Gasteiger partial charge in [-0.05, 0) is 30.7 Å². The molecule has 0 atom stereocenters. The summed E-state index contributed by atoms with van der Waals surface area (Å²) < 4.78 is 118. The predicted octanol–water partition coefficient (Wildman–Crippen LogP) is 6.72. The molecular formula is C20H14F9NO. The largest absolute Gasteiger partial charge is 0.454 e. The summed E-state index contributed by atoms with van der Waals surface area (Å²) in [6.07, 6.45) is -15.0. The molecule has 2 aromatic rings. The number of rotatable bonds is 5. The van der Waals surface area contributed by atoms with Gasteiger partial charge in [0.05, 0.1) is 16.7 Å². The molecule has 0 aliphatic heterocycles. The highest BCUT2D eigenvalue weighted by atomic mass is 19.4. The van der Waals surface area contributed by atoms with E-state index in [1.165, 1.54) is 25.1 Å². The highest BCUT2D eigenvalue weighted by Gasteiger charge is 2.41. The lowest BCUT2D eigenvalue weighted by molar-refractivity contribution is -0.164. The third kappa shape index (κ3) is 6.02. The summed E-state index contributed by atoms with van der Waals surface area (Å²) in [6, 6.07) is 7.09. The van der Waals surface area contributed by atoms with Crippen LogP contribution >= 0.6 is 0 Å². The average molecular weight is 455 g/mol. The van der Waals surface area contributed by atoms with Crippen LogP contribution in [0.2, 0.25) is 0 Å². The van der Waals surface area contributed by atoms with Crippen molar-refractivity contribution in [2.75, 3.05) is 11.4 Å². The maximum absolute atomic E-state index is 13.1. The average Bonchev–Trinajstić information content (AvgIpc) is 2.66. The minimum atomic E-state index is -5.31. The number of halogens is 9. The molecule has 0 saturated carbocycles. The Morgan fingerprint density at radius 1 is 0.839 bits per heavy atom. The first-order valence-electron chi connectivity index (χ1n) is 8.59. The number of anilines is 1. The van der Waals surface area contributed by atoms with Crippen LogP contribution < -0.4 is 4.90 Å². The third-order valence-electron chi connectivity index (χ3n) is 4.12. The smallest absolute Gasteiger partial charge is 0.347 e. The number of carbonyl (C=O) groups excluding carboxylic acids is 1. The normalized spacial score (nSPS) is 13.3. The molecule has 0 spiro atoms. The van der Waals surface area contributed by atoms with Gasteiger partial charge < -0.3 is 4.90 Å². The maximum Gasteiger partial charge on any atom is 0.454 e. The molecule has 0 heterocycles. The van der Waals surface area contributed by atoms with E-state index in [9.17, 15) is 44.3 Å². The van der Waals surface area contributed by atoms with Crippen molar-refractivity contribution < 1.29 is 44.3 Å². The van der Waals surface area contributed by atoms with Crippen molar-refractivity contribution in [2.24, 2.45) is 0 Å². The predicted molar refractivity (Wildman–Crippen MR) is 94.9 cm³/mol. The lowest BCUT2D eigenvalue weighted by atomic mass is 10.0. The molecule has 2 nitrogen and oxygen atoms in total. The first-order chi connectivity index (χ1) is 14.1. The van der Waals surface area contributed by atoms with Crippen LogP contribution in [0, 0.1) is 0 Å². The van der Waals surface area contributed by atoms with E-state index in [4.69, 9.17) is 0 Å². The summed E-state index contributed by atoms with van der Waals surface area (Å²) in [4.78, 5) is 12.6. The minimum Gasteiger partial charge on any atom is -0.347 e. The van der Waals surface area contributed by atoms with Gasteiger partial charge in [-0.3, -0.25) is 4.79 Å². The van der Waals surface area contributed by atoms with Crippen LogP contribution in [-0.4, -0.2) is 18.5 Å². The van der Waals surface area contributed by atoms with Gasteiger partial charge in [-0.1, -0.05) is 30.3 Å². The highest BCUT2D eigenvalue weighted by Crippen LogP contribution is 2.39. The Morgan fingerprint density at radius 3 is 1.71 bits per heavy atom. The van der Waals surface area contributed by atoms with Gasteiger partial charge in [0, 0.05) is 18.4 Å². The van der Waals surface area contributed by atoms with E-state index in [-0.39, 0.29) is 18.2 Å². The van der Waals surface area contributed by atoms with Gasteiger partial charge in [0.25, 0.3) is 5.78 Å². The molecule has 31 heavy (non-hydrogen) atoms. The van der Waals surface area contributed by atoms with Crippen molar-refractivity contribution >= 4 is 17.0 Å². The Labute approximate surface area is 170 Å². The summed E-state index contributed by atoms with van der Waals surface area (Å²) in [5.41, 5.74) is -5.07. The summed E-state index contributed by atoms with van der Waals surface area (Å²) in [5.74, 6) is -2.29. The summed E-state index contributed by atoms with van der Waals surface area (Å²) in [5, 5.41) is 0. The van der Waals surface area contributed by atoms with Crippen LogP contribution in [0.4, 0.5) is 45.2 Å². The summed E-state index contributed by atoms with van der Waals surface area (Å²) >= 11 is 0. The van der Waals surface area contributed by atoms with E-state index in [0.29, 0.717) is 18.3 Å². The van der Waals surface area contributed by atoms with E-state index >= 15 is 0 Å². The quantitative estimate of drug-likeness (QED) is 0.368. The number of ketones is 1. The molecule has 0 amide bonds. The summed E-state index contributed by atoms with van der Waals surface area (Å²) in [6.45, 7) is 0.977. The van der Waals surface area contributed by atoms with E-state index in [2.05, 4.69) is 0 Å². The first-order valence-corrected chi connectivity index (χ1v) is 8.59. The number of allylic oxidation sites excluding steroid dienone is 1. The Kier molecular flexibility index (Phi) is 6.77. The topological polar surface area (TPSA) is 20.3 Å². The van der Waals surface area contributed by atoms with Crippen molar-refractivity contribution in [3.63, 3.8) is 0 Å². The number of nitrogens with zero attached hydrogens (tertiary/aromatic N) is 1. The van der Waals surface area contributed by atoms with Crippen LogP contribution in [0.3, 0.4) is 0 Å². The van der Waals surface area contributed by atoms with Gasteiger partial charge in [-0.25, -0.2) is 0 Å². The Balaban J connectivity index is 2.71. The van der Waals surface area contributed by atoms with Crippen LogP contribution in [0.1, 0.15) is 23.6 Å². The van der Waals surface area contributed by atoms with Gasteiger partial charge in [-0.2, -0.15) is 39.5 Å². The number of carbonyl (C=O) groups is 1. The second-order valence-electron chi connectivity index (χ2n) is 6.29. The van der Waals surface area contributed by atoms with Gasteiger partial charge in [-0.15, -0.1) is 0 Å². The van der Waals surface area contributed by atoms with Crippen molar-refractivity contribution in [1.82, 2.24) is 0 Å². The molecular weight excluding hydrogens is 441 g/mol. The van der Waals surface area contributed by atoms with Gasteiger partial charge in [0.1, 0.15) is 0 Å². The highest BCUT2D eigenvalue weighted by molar-refractivity contribution is 6.23. The number of hydrogen-bond acceptors (Lipinski definition) is 2. The van der Waals surface area contributed by atoms with Crippen molar-refractivity contribution in [3.05, 3.63) is 71.4 Å². The fourth-order valence-corrected chi connectivity index (χ4v) is 2.64. The van der Waals surface area contributed by atoms with Crippen LogP contribution in [-0.2, 0) is 17.1 Å².